The van der Waals surface area contributed by atoms with Gasteiger partial charge in [-0.05, 0) is 83.1 Å². The first-order valence-electron chi connectivity index (χ1n) is 10.2. The van der Waals surface area contributed by atoms with E-state index in [1.165, 1.54) is 0 Å². The molecule has 0 atom stereocenters. The van der Waals surface area contributed by atoms with Gasteiger partial charge in [0.1, 0.15) is 6.29 Å². The van der Waals surface area contributed by atoms with E-state index in [1.807, 2.05) is 51.4 Å². The van der Waals surface area contributed by atoms with Crippen molar-refractivity contribution in [1.29, 1.82) is 0 Å². The Balaban J connectivity index is 3.10. The van der Waals surface area contributed by atoms with E-state index in [1.54, 1.807) is 6.08 Å². The van der Waals surface area contributed by atoms with E-state index in [-0.39, 0.29) is 11.4 Å². The molecule has 0 aliphatic heterocycles. The minimum atomic E-state index is -0.121. The Labute approximate surface area is 176 Å². The van der Waals surface area contributed by atoms with Gasteiger partial charge in [-0.1, -0.05) is 37.6 Å². The van der Waals surface area contributed by atoms with Gasteiger partial charge in [0.05, 0.1) is 0 Å². The molecule has 1 aromatic rings. The molecule has 0 heterocycles. The van der Waals surface area contributed by atoms with E-state index in [4.69, 9.17) is 0 Å². The van der Waals surface area contributed by atoms with Gasteiger partial charge in [0.2, 0.25) is 0 Å². The van der Waals surface area contributed by atoms with Crippen LogP contribution in [0, 0.1) is 0 Å². The molecule has 4 heteroatoms. The van der Waals surface area contributed by atoms with Crippen LogP contribution in [0.1, 0.15) is 63.4 Å². The van der Waals surface area contributed by atoms with E-state index < -0.39 is 0 Å². The molecule has 29 heavy (non-hydrogen) atoms. The molecule has 1 rings (SSSR count). The average molecular weight is 397 g/mol. The third-order valence-corrected chi connectivity index (χ3v) is 5.29. The van der Waals surface area contributed by atoms with Gasteiger partial charge in [-0.25, -0.2) is 0 Å². The van der Waals surface area contributed by atoms with Crippen molar-refractivity contribution >= 4 is 17.8 Å². The minimum absolute atomic E-state index is 0.0858. The van der Waals surface area contributed by atoms with Crippen molar-refractivity contribution in [3.8, 4) is 0 Å². The topological polar surface area (TPSA) is 49.4 Å². The lowest BCUT2D eigenvalue weighted by atomic mass is 9.94. The molecule has 0 saturated carbocycles. The lowest BCUT2D eigenvalue weighted by molar-refractivity contribution is -0.104. The van der Waals surface area contributed by atoms with Gasteiger partial charge in [0.25, 0.3) is 5.91 Å². The number of carbonyl (C=O) groups excluding carboxylic acids is 2. The third kappa shape index (κ3) is 7.47. The highest BCUT2D eigenvalue weighted by molar-refractivity contribution is 5.95. The number of aldehydes is 1. The number of amides is 1. The molecule has 0 spiro atoms. The smallest absolute Gasteiger partial charge is 0.251 e. The average Bonchev–Trinajstić information content (AvgIpc) is 2.71. The minimum Gasteiger partial charge on any atom is -0.350 e. The Morgan fingerprint density at radius 1 is 1.14 bits per heavy atom. The Morgan fingerprint density at radius 2 is 1.72 bits per heavy atom. The van der Waals surface area contributed by atoms with Crippen LogP contribution in [-0.4, -0.2) is 43.3 Å². The standard InChI is InChI=1S/C25H36N2O2/c1-8-10-11-19(3)23(16-20(9-2)17-28)21-12-14-22(15-13-21)24(29)26-18-25(4,5)27(6)7/h9,11-17H,8,10,18H2,1-7H3,(H,26,29)/b19-11+,20-9+,23-16+. The molecule has 0 fully saturated rings. The van der Waals surface area contributed by atoms with Gasteiger partial charge in [-0.2, -0.15) is 0 Å². The van der Waals surface area contributed by atoms with Crippen molar-refractivity contribution in [2.75, 3.05) is 20.6 Å². The van der Waals surface area contributed by atoms with E-state index in [0.717, 1.165) is 35.8 Å². The molecular weight excluding hydrogens is 360 g/mol. The molecule has 4 nitrogen and oxygen atoms in total. The first-order valence-corrected chi connectivity index (χ1v) is 10.2. The molecule has 0 bridgehead atoms. The van der Waals surface area contributed by atoms with Crippen LogP contribution >= 0.6 is 0 Å². The molecule has 1 N–H and O–H groups in total. The van der Waals surface area contributed by atoms with Gasteiger partial charge in [0.15, 0.2) is 0 Å². The molecule has 1 amide bonds. The SMILES string of the molecule is C\C=C(C=O)/C=C(\C(C)=C\CCC)c1ccc(C(=O)NCC(C)(C)N(C)C)cc1. The van der Waals surface area contributed by atoms with E-state index in [0.29, 0.717) is 17.7 Å². The van der Waals surface area contributed by atoms with Crippen LogP contribution in [0.25, 0.3) is 5.57 Å². The molecule has 0 aliphatic carbocycles. The number of carbonyl (C=O) groups is 2. The second-order valence-corrected chi connectivity index (χ2v) is 8.11. The van der Waals surface area contributed by atoms with Crippen molar-refractivity contribution in [3.63, 3.8) is 0 Å². The third-order valence-electron chi connectivity index (χ3n) is 5.29. The fourth-order valence-electron chi connectivity index (χ4n) is 2.61. The van der Waals surface area contributed by atoms with Crippen LogP contribution in [-0.2, 0) is 4.79 Å². The Morgan fingerprint density at radius 3 is 2.21 bits per heavy atom. The molecule has 158 valence electrons. The van der Waals surface area contributed by atoms with Crippen LogP contribution in [0.2, 0.25) is 0 Å². The summed E-state index contributed by atoms with van der Waals surface area (Å²) in [6.07, 6.45) is 8.81. The van der Waals surface area contributed by atoms with Gasteiger partial charge >= 0.3 is 0 Å². The van der Waals surface area contributed by atoms with E-state index in [2.05, 4.69) is 44.0 Å². The summed E-state index contributed by atoms with van der Waals surface area (Å²) in [5.74, 6) is -0.0858. The predicted molar refractivity (Wildman–Crippen MR) is 123 cm³/mol. The summed E-state index contributed by atoms with van der Waals surface area (Å²) in [5.41, 5.74) is 4.25. The fourth-order valence-corrected chi connectivity index (χ4v) is 2.61. The lowest BCUT2D eigenvalue weighted by Crippen LogP contribution is -2.48. The van der Waals surface area contributed by atoms with Crippen molar-refractivity contribution in [2.45, 2.75) is 53.0 Å². The summed E-state index contributed by atoms with van der Waals surface area (Å²) < 4.78 is 0. The zero-order chi connectivity index (χ0) is 22.0. The Kier molecular flexibility index (Phi) is 9.76. The van der Waals surface area contributed by atoms with Crippen LogP contribution in [0.5, 0.6) is 0 Å². The Hall–Kier alpha value is -2.46. The van der Waals surface area contributed by atoms with Gasteiger partial charge in [0, 0.05) is 23.2 Å². The lowest BCUT2D eigenvalue weighted by Gasteiger charge is -2.32. The summed E-state index contributed by atoms with van der Waals surface area (Å²) in [5, 5.41) is 3.01. The van der Waals surface area contributed by atoms with Crippen LogP contribution < -0.4 is 5.32 Å². The summed E-state index contributed by atoms with van der Waals surface area (Å²) >= 11 is 0. The molecule has 0 unspecified atom stereocenters. The maximum atomic E-state index is 12.5. The van der Waals surface area contributed by atoms with Crippen molar-refractivity contribution in [3.05, 3.63) is 64.8 Å². The predicted octanol–water partition coefficient (Wildman–Crippen LogP) is 5.03. The molecule has 0 aromatic heterocycles. The van der Waals surface area contributed by atoms with Crippen molar-refractivity contribution in [2.24, 2.45) is 0 Å². The summed E-state index contributed by atoms with van der Waals surface area (Å²) in [7, 11) is 4.00. The normalized spacial score (nSPS) is 13.6. The number of unbranched alkanes of at least 4 members (excludes halogenated alkanes) is 1. The first-order chi connectivity index (χ1) is 13.7. The molecular formula is C25H36N2O2. The van der Waals surface area contributed by atoms with E-state index >= 15 is 0 Å². The molecule has 0 saturated heterocycles. The number of likely N-dealkylation sites (N-methyl/N-ethyl adjacent to an activating group) is 1. The fraction of sp³-hybridized carbons (Fsp3) is 0.440. The maximum absolute atomic E-state index is 12.5. The number of allylic oxidation sites excluding steroid dienone is 6. The van der Waals surface area contributed by atoms with Crippen LogP contribution in [0.15, 0.2) is 53.6 Å². The van der Waals surface area contributed by atoms with Gasteiger partial charge in [-0.15, -0.1) is 0 Å². The number of hydrogen-bond acceptors (Lipinski definition) is 3. The molecule has 1 aromatic carbocycles. The summed E-state index contributed by atoms with van der Waals surface area (Å²) in [6, 6.07) is 7.56. The first kappa shape index (κ1) is 24.6. The van der Waals surface area contributed by atoms with Crippen molar-refractivity contribution < 1.29 is 9.59 Å². The van der Waals surface area contributed by atoms with E-state index in [9.17, 15) is 9.59 Å². The molecule has 0 aliphatic rings. The number of rotatable bonds is 10. The van der Waals surface area contributed by atoms with Gasteiger partial charge < -0.3 is 10.2 Å². The second kappa shape index (κ2) is 11.5. The second-order valence-electron chi connectivity index (χ2n) is 8.11. The molecule has 0 radical (unpaired) electrons. The van der Waals surface area contributed by atoms with Crippen molar-refractivity contribution in [1.82, 2.24) is 10.2 Å². The zero-order valence-electron chi connectivity index (χ0n) is 19.0. The number of nitrogens with zero attached hydrogens (tertiary/aromatic N) is 1. The van der Waals surface area contributed by atoms with Gasteiger partial charge in [-0.3, -0.25) is 9.59 Å². The number of nitrogens with one attached hydrogen (secondary N) is 1. The van der Waals surface area contributed by atoms with Crippen LogP contribution in [0.3, 0.4) is 0 Å². The Bertz CT molecular complexity index is 782. The highest BCUT2D eigenvalue weighted by Crippen LogP contribution is 2.25. The van der Waals surface area contributed by atoms with Crippen LogP contribution in [0.4, 0.5) is 0 Å². The largest absolute Gasteiger partial charge is 0.350 e. The highest BCUT2D eigenvalue weighted by Gasteiger charge is 2.21. The quantitative estimate of drug-likeness (QED) is 0.343. The summed E-state index contributed by atoms with van der Waals surface area (Å²) in [6.45, 7) is 10.8. The monoisotopic (exact) mass is 396 g/mol. The highest BCUT2D eigenvalue weighted by atomic mass is 16.1. The zero-order valence-corrected chi connectivity index (χ0v) is 19.0. The maximum Gasteiger partial charge on any atom is 0.251 e. The summed E-state index contributed by atoms with van der Waals surface area (Å²) in [4.78, 5) is 25.9. The number of hydrogen-bond donors (Lipinski definition) is 1. The number of benzene rings is 1.